The van der Waals surface area contributed by atoms with Crippen LogP contribution in [0.1, 0.15) is 38.3 Å². The van der Waals surface area contributed by atoms with Crippen LogP contribution in [0.5, 0.6) is 0 Å². The maximum atomic E-state index is 13.8. The van der Waals surface area contributed by atoms with Crippen molar-refractivity contribution in [2.24, 2.45) is 0 Å². The maximum Gasteiger partial charge on any atom is 0.162 e. The monoisotopic (exact) mass is 246 g/mol. The van der Waals surface area contributed by atoms with E-state index in [1.165, 1.54) is 0 Å². The van der Waals surface area contributed by atoms with Crippen LogP contribution in [0.3, 0.4) is 0 Å². The molecule has 0 aliphatic carbocycles. The Balaban J connectivity index is 3.18. The molecule has 0 heterocycles. The predicted molar refractivity (Wildman–Crippen MR) is 64.1 cm³/mol. The van der Waals surface area contributed by atoms with Gasteiger partial charge in [-0.3, -0.25) is 0 Å². The van der Waals surface area contributed by atoms with Crippen LogP contribution in [0.25, 0.3) is 0 Å². The van der Waals surface area contributed by atoms with Crippen molar-refractivity contribution >= 4 is 11.6 Å². The summed E-state index contributed by atoms with van der Waals surface area (Å²) in [4.78, 5) is 0. The highest BCUT2D eigenvalue weighted by atomic mass is 35.5. The molecule has 0 amide bonds. The van der Waals surface area contributed by atoms with Gasteiger partial charge in [-0.2, -0.15) is 0 Å². The summed E-state index contributed by atoms with van der Waals surface area (Å²) in [6.45, 7) is 7.16. The molecule has 0 aliphatic heterocycles. The van der Waals surface area contributed by atoms with E-state index in [0.29, 0.717) is 17.5 Å². The highest BCUT2D eigenvalue weighted by Gasteiger charge is 2.27. The Hall–Kier alpha value is -0.630. The van der Waals surface area contributed by atoms with Gasteiger partial charge in [0, 0.05) is 5.38 Å². The van der Waals surface area contributed by atoms with E-state index in [-0.39, 0.29) is 5.38 Å². The molecular formula is C13H17ClF2. The molecule has 1 atom stereocenters. The molecule has 1 aromatic carbocycles. The van der Waals surface area contributed by atoms with E-state index in [0.717, 1.165) is 0 Å². The van der Waals surface area contributed by atoms with Crippen LogP contribution in [0.2, 0.25) is 0 Å². The van der Waals surface area contributed by atoms with E-state index in [1.807, 2.05) is 20.8 Å². The third-order valence-corrected chi connectivity index (χ3v) is 2.95. The second-order valence-electron chi connectivity index (χ2n) is 4.93. The van der Waals surface area contributed by atoms with Crippen molar-refractivity contribution in [1.82, 2.24) is 0 Å². The van der Waals surface area contributed by atoms with Gasteiger partial charge in [0.1, 0.15) is 0 Å². The Morgan fingerprint density at radius 2 is 1.81 bits per heavy atom. The van der Waals surface area contributed by atoms with Gasteiger partial charge in [0.2, 0.25) is 0 Å². The van der Waals surface area contributed by atoms with Crippen molar-refractivity contribution in [3.63, 3.8) is 0 Å². The minimum Gasteiger partial charge on any atom is -0.203 e. The third kappa shape index (κ3) is 2.73. The average Bonchev–Trinajstić information content (AvgIpc) is 2.11. The molecule has 0 N–H and O–H groups in total. The summed E-state index contributed by atoms with van der Waals surface area (Å²) < 4.78 is 27.2. The van der Waals surface area contributed by atoms with Gasteiger partial charge in [-0.25, -0.2) is 8.78 Å². The van der Waals surface area contributed by atoms with Crippen molar-refractivity contribution in [2.45, 2.75) is 44.9 Å². The molecule has 90 valence electrons. The van der Waals surface area contributed by atoms with E-state index in [4.69, 9.17) is 11.6 Å². The molecule has 1 rings (SSSR count). The number of alkyl halides is 1. The van der Waals surface area contributed by atoms with Crippen molar-refractivity contribution in [2.75, 3.05) is 0 Å². The van der Waals surface area contributed by atoms with Crippen molar-refractivity contribution in [1.29, 1.82) is 0 Å². The first kappa shape index (κ1) is 13.4. The molecule has 16 heavy (non-hydrogen) atoms. The van der Waals surface area contributed by atoms with Crippen LogP contribution in [0.15, 0.2) is 12.1 Å². The summed E-state index contributed by atoms with van der Waals surface area (Å²) in [6, 6.07) is 3.25. The molecule has 0 bridgehead atoms. The fourth-order valence-electron chi connectivity index (χ4n) is 1.98. The lowest BCUT2D eigenvalue weighted by Gasteiger charge is -2.27. The molecule has 1 unspecified atom stereocenters. The summed E-state index contributed by atoms with van der Waals surface area (Å²) in [5.74, 6) is -1.50. The van der Waals surface area contributed by atoms with Gasteiger partial charge >= 0.3 is 0 Å². The van der Waals surface area contributed by atoms with Crippen molar-refractivity contribution in [3.05, 3.63) is 34.9 Å². The van der Waals surface area contributed by atoms with E-state index in [2.05, 4.69) is 0 Å². The minimum absolute atomic E-state index is 0.0706. The standard InChI is InChI=1S/C13H17ClF2/c1-8-5-6-10(12(16)11(8)15)13(3,4)7-9(2)14/h5-6,9H,7H2,1-4H3. The quantitative estimate of drug-likeness (QED) is 0.686. The Morgan fingerprint density at radius 1 is 1.25 bits per heavy atom. The molecule has 0 radical (unpaired) electrons. The van der Waals surface area contributed by atoms with Gasteiger partial charge in [0.15, 0.2) is 11.6 Å². The van der Waals surface area contributed by atoms with E-state index in [9.17, 15) is 8.78 Å². The molecule has 0 saturated heterocycles. The third-order valence-electron chi connectivity index (χ3n) is 2.80. The first-order valence-corrected chi connectivity index (χ1v) is 5.78. The first-order chi connectivity index (χ1) is 7.25. The second-order valence-corrected chi connectivity index (χ2v) is 5.67. The predicted octanol–water partition coefficient (Wildman–Crippen LogP) is 4.57. The Kier molecular flexibility index (Phi) is 3.95. The molecule has 0 fully saturated rings. The zero-order valence-electron chi connectivity index (χ0n) is 10.1. The summed E-state index contributed by atoms with van der Waals surface area (Å²) in [6.07, 6.45) is 0.605. The van der Waals surface area contributed by atoms with Gasteiger partial charge in [-0.15, -0.1) is 11.6 Å². The Morgan fingerprint density at radius 3 is 2.31 bits per heavy atom. The van der Waals surface area contributed by atoms with Gasteiger partial charge in [-0.05, 0) is 36.8 Å². The number of aryl methyl sites for hydroxylation is 1. The first-order valence-electron chi connectivity index (χ1n) is 5.35. The van der Waals surface area contributed by atoms with Crippen LogP contribution in [-0.4, -0.2) is 5.38 Å². The normalized spacial score (nSPS) is 13.9. The molecule has 1 aromatic rings. The van der Waals surface area contributed by atoms with E-state index >= 15 is 0 Å². The van der Waals surface area contributed by atoms with Crippen LogP contribution in [-0.2, 0) is 5.41 Å². The van der Waals surface area contributed by atoms with Gasteiger partial charge < -0.3 is 0 Å². The van der Waals surface area contributed by atoms with E-state index in [1.54, 1.807) is 19.1 Å². The zero-order valence-corrected chi connectivity index (χ0v) is 10.8. The smallest absolute Gasteiger partial charge is 0.162 e. The lowest BCUT2D eigenvalue weighted by molar-refractivity contribution is 0.422. The van der Waals surface area contributed by atoms with E-state index < -0.39 is 17.0 Å². The highest BCUT2D eigenvalue weighted by molar-refractivity contribution is 6.20. The maximum absolute atomic E-state index is 13.8. The molecule has 0 aliphatic rings. The summed E-state index contributed by atoms with van der Waals surface area (Å²) >= 11 is 5.92. The lowest BCUT2D eigenvalue weighted by atomic mass is 9.80. The summed E-state index contributed by atoms with van der Waals surface area (Å²) in [5, 5.41) is -0.0706. The molecule has 3 heteroatoms. The fourth-order valence-corrected chi connectivity index (χ4v) is 2.37. The Bertz CT molecular complexity index is 384. The lowest BCUT2D eigenvalue weighted by Crippen LogP contribution is -2.23. The SMILES string of the molecule is Cc1ccc(C(C)(C)CC(C)Cl)c(F)c1F. The fraction of sp³-hybridized carbons (Fsp3) is 0.538. The van der Waals surface area contributed by atoms with Crippen LogP contribution in [0.4, 0.5) is 8.78 Å². The van der Waals surface area contributed by atoms with Gasteiger partial charge in [0.25, 0.3) is 0 Å². The number of halogens is 3. The second kappa shape index (κ2) is 4.70. The number of hydrogen-bond donors (Lipinski definition) is 0. The van der Waals surface area contributed by atoms with Gasteiger partial charge in [0.05, 0.1) is 0 Å². The number of benzene rings is 1. The Labute approximate surface area is 101 Å². The summed E-state index contributed by atoms with van der Waals surface area (Å²) in [5.41, 5.74) is 0.263. The largest absolute Gasteiger partial charge is 0.203 e. The number of hydrogen-bond acceptors (Lipinski definition) is 0. The van der Waals surface area contributed by atoms with Crippen LogP contribution < -0.4 is 0 Å². The minimum atomic E-state index is -0.757. The van der Waals surface area contributed by atoms with Gasteiger partial charge in [-0.1, -0.05) is 26.0 Å². The van der Waals surface area contributed by atoms with Crippen LogP contribution >= 0.6 is 11.6 Å². The van der Waals surface area contributed by atoms with Crippen LogP contribution in [0, 0.1) is 18.6 Å². The summed E-state index contributed by atoms with van der Waals surface area (Å²) in [7, 11) is 0. The molecular weight excluding hydrogens is 230 g/mol. The highest BCUT2D eigenvalue weighted by Crippen LogP contribution is 2.33. The average molecular weight is 247 g/mol. The topological polar surface area (TPSA) is 0 Å². The number of rotatable bonds is 3. The molecule has 0 aromatic heterocycles. The molecule has 0 saturated carbocycles. The van der Waals surface area contributed by atoms with Crippen molar-refractivity contribution in [3.8, 4) is 0 Å². The molecule has 0 spiro atoms. The molecule has 0 nitrogen and oxygen atoms in total. The van der Waals surface area contributed by atoms with Crippen molar-refractivity contribution < 1.29 is 8.78 Å². The zero-order chi connectivity index (χ0) is 12.5.